The largest absolute Gasteiger partial charge is 0.335 e. The van der Waals surface area contributed by atoms with Crippen LogP contribution in [0.4, 0.5) is 11.4 Å². The molecule has 1 aliphatic rings. The number of amides is 1. The van der Waals surface area contributed by atoms with Crippen molar-refractivity contribution in [3.63, 3.8) is 0 Å². The van der Waals surface area contributed by atoms with Gasteiger partial charge < -0.3 is 4.90 Å². The first kappa shape index (κ1) is 21.5. The lowest BCUT2D eigenvalue weighted by Gasteiger charge is -2.24. The van der Waals surface area contributed by atoms with Crippen LogP contribution in [0.2, 0.25) is 0 Å². The molecule has 1 amide bonds. The molecule has 9 heteroatoms. The van der Waals surface area contributed by atoms with E-state index in [0.29, 0.717) is 24.2 Å². The van der Waals surface area contributed by atoms with Crippen LogP contribution in [0.5, 0.6) is 0 Å². The molecule has 1 aliphatic heterocycles. The molecular weight excluding hydrogens is 406 g/mol. The molecule has 1 saturated heterocycles. The molecule has 3 rings (SSSR count). The van der Waals surface area contributed by atoms with E-state index >= 15 is 0 Å². The Morgan fingerprint density at radius 1 is 1.23 bits per heavy atom. The number of hydrogen-bond acceptors (Lipinski definition) is 5. The minimum atomic E-state index is -3.22. The summed E-state index contributed by atoms with van der Waals surface area (Å²) in [5.41, 5.74) is 2.04. The second-order valence-electron chi connectivity index (χ2n) is 7.14. The summed E-state index contributed by atoms with van der Waals surface area (Å²) in [6.07, 6.45) is 3.70. The predicted molar refractivity (Wildman–Crippen MR) is 116 cm³/mol. The van der Waals surface area contributed by atoms with E-state index in [0.717, 1.165) is 5.56 Å². The number of rotatable bonds is 6. The summed E-state index contributed by atoms with van der Waals surface area (Å²) >= 11 is 0. The van der Waals surface area contributed by atoms with E-state index in [1.807, 2.05) is 0 Å². The van der Waals surface area contributed by atoms with Crippen molar-refractivity contribution in [2.45, 2.75) is 19.4 Å². The summed E-state index contributed by atoms with van der Waals surface area (Å²) in [6, 6.07) is 12.8. The number of nitro groups is 1. The maximum absolute atomic E-state index is 12.5. The number of carbonyl (C=O) groups is 1. The Bertz CT molecular complexity index is 1080. The zero-order chi connectivity index (χ0) is 21.9. The van der Waals surface area contributed by atoms with Crippen LogP contribution in [0.3, 0.4) is 0 Å². The molecule has 2 aromatic rings. The molecular formula is C21H23N3O5S. The van der Waals surface area contributed by atoms with Crippen LogP contribution in [0.25, 0.3) is 6.08 Å². The van der Waals surface area contributed by atoms with Crippen molar-refractivity contribution >= 4 is 33.4 Å². The molecule has 1 fully saturated rings. The Hall–Kier alpha value is -3.20. The summed E-state index contributed by atoms with van der Waals surface area (Å²) in [5.74, 6) is -0.0849. The third kappa shape index (κ3) is 4.68. The van der Waals surface area contributed by atoms with E-state index in [-0.39, 0.29) is 23.4 Å². The molecule has 30 heavy (non-hydrogen) atoms. The van der Waals surface area contributed by atoms with E-state index in [9.17, 15) is 23.3 Å². The number of nitrogens with zero attached hydrogens (tertiary/aromatic N) is 3. The van der Waals surface area contributed by atoms with Gasteiger partial charge in [-0.05, 0) is 42.7 Å². The van der Waals surface area contributed by atoms with Gasteiger partial charge in [-0.3, -0.25) is 19.2 Å². The highest BCUT2D eigenvalue weighted by Gasteiger charge is 2.28. The van der Waals surface area contributed by atoms with E-state index in [2.05, 4.69) is 0 Å². The fourth-order valence-corrected chi connectivity index (χ4v) is 4.84. The fraction of sp³-hybridized carbons (Fsp3) is 0.286. The van der Waals surface area contributed by atoms with Gasteiger partial charge in [-0.1, -0.05) is 24.3 Å². The molecule has 1 heterocycles. The normalized spacial score (nSPS) is 16.5. The summed E-state index contributed by atoms with van der Waals surface area (Å²) < 4.78 is 25.4. The minimum Gasteiger partial charge on any atom is -0.335 e. The van der Waals surface area contributed by atoms with Crippen molar-refractivity contribution < 1.29 is 18.1 Å². The number of sulfonamides is 1. The van der Waals surface area contributed by atoms with Gasteiger partial charge in [0.2, 0.25) is 15.9 Å². The number of carbonyl (C=O) groups excluding carboxylic acids is 1. The molecule has 0 unspecified atom stereocenters. The lowest BCUT2D eigenvalue weighted by molar-refractivity contribution is -0.384. The third-order valence-corrected chi connectivity index (χ3v) is 7.06. The monoisotopic (exact) mass is 429 g/mol. The van der Waals surface area contributed by atoms with E-state index in [1.165, 1.54) is 27.4 Å². The molecule has 0 N–H and O–H groups in total. The first-order chi connectivity index (χ1) is 14.2. The maximum Gasteiger partial charge on any atom is 0.269 e. The highest BCUT2D eigenvalue weighted by Crippen LogP contribution is 2.25. The molecule has 0 radical (unpaired) electrons. The SMILES string of the molecule is C[C@H](c1cccc([N+](=O)[O-])c1)N(C)C(=O)/C=C/c1ccc(N2CCCS2(=O)=O)cc1. The third-order valence-electron chi connectivity index (χ3n) is 5.19. The number of nitro benzene ring substituents is 1. The van der Waals surface area contributed by atoms with Gasteiger partial charge in [0.1, 0.15) is 0 Å². The van der Waals surface area contributed by atoms with E-state index in [1.54, 1.807) is 56.4 Å². The van der Waals surface area contributed by atoms with Gasteiger partial charge >= 0.3 is 0 Å². The minimum absolute atomic E-state index is 0.0177. The van der Waals surface area contributed by atoms with Crippen LogP contribution in [0, 0.1) is 10.1 Å². The van der Waals surface area contributed by atoms with Crippen molar-refractivity contribution in [2.24, 2.45) is 0 Å². The predicted octanol–water partition coefficient (Wildman–Crippen LogP) is 3.37. The number of likely N-dealkylation sites (N-methyl/N-ethyl adjacent to an activating group) is 1. The second-order valence-corrected chi connectivity index (χ2v) is 9.16. The summed E-state index contributed by atoms with van der Waals surface area (Å²) in [5, 5.41) is 11.0. The standard InChI is InChI=1S/C21H23N3O5S/c1-16(18-5-3-6-20(15-18)24(26)27)22(2)21(25)12-9-17-7-10-19(11-8-17)23-13-4-14-30(23,28)29/h3,5-12,15-16H,4,13-14H2,1-2H3/b12-9+/t16-/m1/s1. The molecule has 8 nitrogen and oxygen atoms in total. The van der Waals surface area contributed by atoms with Crippen LogP contribution < -0.4 is 4.31 Å². The number of hydrogen-bond donors (Lipinski definition) is 0. The van der Waals surface area contributed by atoms with Crippen LogP contribution >= 0.6 is 0 Å². The molecule has 0 aliphatic carbocycles. The maximum atomic E-state index is 12.5. The highest BCUT2D eigenvalue weighted by atomic mass is 32.2. The Balaban J connectivity index is 1.67. The van der Waals surface area contributed by atoms with Crippen LogP contribution in [-0.2, 0) is 14.8 Å². The highest BCUT2D eigenvalue weighted by molar-refractivity contribution is 7.93. The second kappa shape index (κ2) is 8.66. The molecule has 0 aromatic heterocycles. The van der Waals surface area contributed by atoms with Gasteiger partial charge in [-0.2, -0.15) is 0 Å². The number of anilines is 1. The van der Waals surface area contributed by atoms with Gasteiger partial charge in [0.05, 0.1) is 22.4 Å². The van der Waals surface area contributed by atoms with Crippen LogP contribution in [0.15, 0.2) is 54.6 Å². The van der Waals surface area contributed by atoms with Crippen LogP contribution in [-0.4, -0.2) is 43.5 Å². The van der Waals surface area contributed by atoms with Crippen molar-refractivity contribution in [1.29, 1.82) is 0 Å². The summed E-state index contributed by atoms with van der Waals surface area (Å²) in [7, 11) is -1.59. The molecule has 1 atom stereocenters. The Kier molecular flexibility index (Phi) is 6.21. The molecule has 2 aromatic carbocycles. The van der Waals surface area contributed by atoms with Gasteiger partial charge in [-0.25, -0.2) is 8.42 Å². The average molecular weight is 429 g/mol. The lowest BCUT2D eigenvalue weighted by Crippen LogP contribution is -2.28. The van der Waals surface area contributed by atoms with Gasteiger partial charge in [0.25, 0.3) is 5.69 Å². The Morgan fingerprint density at radius 2 is 1.93 bits per heavy atom. The first-order valence-electron chi connectivity index (χ1n) is 9.49. The Labute approximate surface area is 175 Å². The summed E-state index contributed by atoms with van der Waals surface area (Å²) in [6.45, 7) is 2.28. The lowest BCUT2D eigenvalue weighted by atomic mass is 10.1. The van der Waals surface area contributed by atoms with Gasteiger partial charge in [-0.15, -0.1) is 0 Å². The zero-order valence-corrected chi connectivity index (χ0v) is 17.6. The van der Waals surface area contributed by atoms with Gasteiger partial charge in [0.15, 0.2) is 0 Å². The number of non-ortho nitro benzene ring substituents is 1. The van der Waals surface area contributed by atoms with Crippen molar-refractivity contribution in [2.75, 3.05) is 23.7 Å². The first-order valence-corrected chi connectivity index (χ1v) is 11.1. The molecule has 0 bridgehead atoms. The average Bonchev–Trinajstić information content (AvgIpc) is 3.10. The molecule has 0 spiro atoms. The fourth-order valence-electron chi connectivity index (χ4n) is 3.28. The summed E-state index contributed by atoms with van der Waals surface area (Å²) in [4.78, 5) is 24.5. The Morgan fingerprint density at radius 3 is 2.53 bits per heavy atom. The molecule has 158 valence electrons. The van der Waals surface area contributed by atoms with E-state index in [4.69, 9.17) is 0 Å². The van der Waals surface area contributed by atoms with Crippen molar-refractivity contribution in [1.82, 2.24) is 4.90 Å². The molecule has 0 saturated carbocycles. The topological polar surface area (TPSA) is 101 Å². The zero-order valence-electron chi connectivity index (χ0n) is 16.8. The number of benzene rings is 2. The smallest absolute Gasteiger partial charge is 0.269 e. The quantitative estimate of drug-likeness (QED) is 0.398. The van der Waals surface area contributed by atoms with Crippen molar-refractivity contribution in [3.05, 3.63) is 75.8 Å². The van der Waals surface area contributed by atoms with Crippen LogP contribution in [0.1, 0.15) is 30.5 Å². The van der Waals surface area contributed by atoms with E-state index < -0.39 is 14.9 Å². The van der Waals surface area contributed by atoms with Gasteiger partial charge in [0, 0.05) is 31.8 Å². The van der Waals surface area contributed by atoms with Crippen molar-refractivity contribution in [3.8, 4) is 0 Å².